The monoisotopic (exact) mass is 179 g/mol. The van der Waals surface area contributed by atoms with Gasteiger partial charge in [-0.1, -0.05) is 12.1 Å². The number of nitrogens with one attached hydrogen (secondary N) is 1. The van der Waals surface area contributed by atoms with Crippen molar-refractivity contribution in [3.05, 3.63) is 29.8 Å². The smallest absolute Gasteiger partial charge is 0.409 e. The molecule has 1 amide bonds. The summed E-state index contributed by atoms with van der Waals surface area (Å²) in [4.78, 5) is 21.2. The van der Waals surface area contributed by atoms with Crippen LogP contribution in [0.4, 0.5) is 10.5 Å². The number of hydrogen-bond donors (Lipinski definition) is 2. The van der Waals surface area contributed by atoms with Gasteiger partial charge in [-0.15, -0.1) is 0 Å². The van der Waals surface area contributed by atoms with E-state index in [1.165, 1.54) is 13.0 Å². The summed E-state index contributed by atoms with van der Waals surface area (Å²) in [6.45, 7) is 1.43. The van der Waals surface area contributed by atoms with Gasteiger partial charge >= 0.3 is 6.09 Å². The predicted molar refractivity (Wildman–Crippen MR) is 48.1 cm³/mol. The van der Waals surface area contributed by atoms with Crippen LogP contribution in [0.1, 0.15) is 17.3 Å². The molecule has 0 aliphatic rings. The van der Waals surface area contributed by atoms with Gasteiger partial charge in [-0.25, -0.2) is 4.79 Å². The van der Waals surface area contributed by atoms with Gasteiger partial charge in [0, 0.05) is 11.3 Å². The zero-order valence-electron chi connectivity index (χ0n) is 7.07. The fourth-order valence-corrected chi connectivity index (χ4v) is 0.939. The van der Waals surface area contributed by atoms with E-state index in [1.807, 2.05) is 0 Å². The molecule has 1 aromatic carbocycles. The number of carbonyl (C=O) groups excluding carboxylic acids is 1. The van der Waals surface area contributed by atoms with Gasteiger partial charge in [-0.3, -0.25) is 10.1 Å². The summed E-state index contributed by atoms with van der Waals surface area (Å²) in [5, 5.41) is 10.6. The van der Waals surface area contributed by atoms with Crippen LogP contribution in [0.3, 0.4) is 0 Å². The number of amides is 1. The van der Waals surface area contributed by atoms with Gasteiger partial charge in [0.25, 0.3) is 0 Å². The average Bonchev–Trinajstić information content (AvgIpc) is 2.03. The van der Waals surface area contributed by atoms with E-state index in [0.29, 0.717) is 11.3 Å². The normalized spacial score (nSPS) is 9.31. The van der Waals surface area contributed by atoms with Crippen LogP contribution in [-0.2, 0) is 0 Å². The first-order valence-electron chi connectivity index (χ1n) is 3.70. The molecule has 1 rings (SSSR count). The largest absolute Gasteiger partial charge is 0.465 e. The van der Waals surface area contributed by atoms with Gasteiger partial charge in [0.1, 0.15) is 0 Å². The summed E-state index contributed by atoms with van der Waals surface area (Å²) in [5.41, 5.74) is 0.895. The molecule has 68 valence electrons. The van der Waals surface area contributed by atoms with E-state index < -0.39 is 6.09 Å². The number of rotatable bonds is 2. The third kappa shape index (κ3) is 2.59. The highest BCUT2D eigenvalue weighted by Crippen LogP contribution is 2.10. The van der Waals surface area contributed by atoms with Crippen LogP contribution in [0.25, 0.3) is 0 Å². The van der Waals surface area contributed by atoms with Crippen LogP contribution >= 0.6 is 0 Å². The standard InChI is InChI=1S/C9H9NO3/c1-6(11)7-3-2-4-8(5-7)10-9(12)13/h2-5,10H,1H3,(H,12,13). The fourth-order valence-electron chi connectivity index (χ4n) is 0.939. The molecule has 13 heavy (non-hydrogen) atoms. The third-order valence-electron chi connectivity index (χ3n) is 1.52. The molecule has 0 saturated heterocycles. The highest BCUT2D eigenvalue weighted by molar-refractivity contribution is 5.95. The Labute approximate surface area is 75.2 Å². The SMILES string of the molecule is CC(=O)c1cccc(NC(=O)O)c1. The molecule has 4 nitrogen and oxygen atoms in total. The van der Waals surface area contributed by atoms with Crippen LogP contribution in [0.15, 0.2) is 24.3 Å². The molecule has 4 heteroatoms. The Hall–Kier alpha value is -1.84. The second-order valence-electron chi connectivity index (χ2n) is 2.57. The molecule has 0 heterocycles. The van der Waals surface area contributed by atoms with Gasteiger partial charge < -0.3 is 5.11 Å². The molecule has 0 aromatic heterocycles. The summed E-state index contributed by atoms with van der Waals surface area (Å²) in [5.74, 6) is -0.0889. The average molecular weight is 179 g/mol. The van der Waals surface area contributed by atoms with Crippen LogP contribution in [0, 0.1) is 0 Å². The quantitative estimate of drug-likeness (QED) is 0.682. The summed E-state index contributed by atoms with van der Waals surface area (Å²) in [6.07, 6.45) is -1.14. The van der Waals surface area contributed by atoms with Crippen molar-refractivity contribution >= 4 is 17.6 Å². The summed E-state index contributed by atoms with van der Waals surface area (Å²) >= 11 is 0. The van der Waals surface area contributed by atoms with Gasteiger partial charge in [0.15, 0.2) is 5.78 Å². The second kappa shape index (κ2) is 3.71. The minimum Gasteiger partial charge on any atom is -0.465 e. The molecule has 0 radical (unpaired) electrons. The van der Waals surface area contributed by atoms with Gasteiger partial charge in [0.05, 0.1) is 0 Å². The highest BCUT2D eigenvalue weighted by atomic mass is 16.4. The molecular weight excluding hydrogens is 170 g/mol. The number of Topliss-reactive ketones (excluding diaryl/α,β-unsaturated/α-hetero) is 1. The summed E-state index contributed by atoms with van der Waals surface area (Å²) in [6, 6.07) is 6.34. The van der Waals surface area contributed by atoms with E-state index in [1.54, 1.807) is 18.2 Å². The lowest BCUT2D eigenvalue weighted by atomic mass is 10.1. The van der Waals surface area contributed by atoms with Crippen molar-refractivity contribution in [2.45, 2.75) is 6.92 Å². The van der Waals surface area contributed by atoms with Crippen molar-refractivity contribution in [3.63, 3.8) is 0 Å². The fraction of sp³-hybridized carbons (Fsp3) is 0.111. The van der Waals surface area contributed by atoms with Crippen molar-refractivity contribution in [2.75, 3.05) is 5.32 Å². The maximum absolute atomic E-state index is 10.9. The molecule has 0 fully saturated rings. The number of carboxylic acid groups (broad SMARTS) is 1. The zero-order valence-corrected chi connectivity index (χ0v) is 7.07. The Morgan fingerprint density at radius 1 is 1.38 bits per heavy atom. The molecular formula is C9H9NO3. The molecule has 0 saturated carbocycles. The molecule has 0 bridgehead atoms. The third-order valence-corrected chi connectivity index (χ3v) is 1.52. The number of ketones is 1. The Morgan fingerprint density at radius 3 is 2.62 bits per heavy atom. The van der Waals surface area contributed by atoms with Gasteiger partial charge in [0.2, 0.25) is 0 Å². The first-order chi connectivity index (χ1) is 6.09. The number of anilines is 1. The zero-order chi connectivity index (χ0) is 9.84. The minimum absolute atomic E-state index is 0.0889. The molecule has 0 unspecified atom stereocenters. The van der Waals surface area contributed by atoms with Crippen molar-refractivity contribution in [1.82, 2.24) is 0 Å². The topological polar surface area (TPSA) is 66.4 Å². The second-order valence-corrected chi connectivity index (χ2v) is 2.57. The maximum Gasteiger partial charge on any atom is 0.409 e. The first-order valence-corrected chi connectivity index (χ1v) is 3.70. The van der Waals surface area contributed by atoms with Crippen molar-refractivity contribution < 1.29 is 14.7 Å². The van der Waals surface area contributed by atoms with E-state index in [2.05, 4.69) is 5.32 Å². The lowest BCUT2D eigenvalue weighted by Crippen LogP contribution is -2.07. The van der Waals surface area contributed by atoms with E-state index in [4.69, 9.17) is 5.11 Å². The number of benzene rings is 1. The molecule has 0 atom stereocenters. The Balaban J connectivity index is 2.91. The number of carbonyl (C=O) groups is 2. The molecule has 1 aromatic rings. The first kappa shape index (κ1) is 9.25. The maximum atomic E-state index is 10.9. The molecule has 0 spiro atoms. The van der Waals surface area contributed by atoms with E-state index in [0.717, 1.165) is 0 Å². The van der Waals surface area contributed by atoms with E-state index >= 15 is 0 Å². The van der Waals surface area contributed by atoms with Gasteiger partial charge in [-0.2, -0.15) is 0 Å². The molecule has 0 aliphatic heterocycles. The van der Waals surface area contributed by atoms with Crippen LogP contribution < -0.4 is 5.32 Å². The van der Waals surface area contributed by atoms with Crippen LogP contribution in [-0.4, -0.2) is 17.0 Å². The minimum atomic E-state index is -1.14. The number of hydrogen-bond acceptors (Lipinski definition) is 2. The highest BCUT2D eigenvalue weighted by Gasteiger charge is 2.01. The van der Waals surface area contributed by atoms with Crippen molar-refractivity contribution in [1.29, 1.82) is 0 Å². The summed E-state index contributed by atoms with van der Waals surface area (Å²) < 4.78 is 0. The molecule has 2 N–H and O–H groups in total. The lowest BCUT2D eigenvalue weighted by Gasteiger charge is -2.01. The Bertz CT molecular complexity index is 346. The predicted octanol–water partition coefficient (Wildman–Crippen LogP) is 1.98. The van der Waals surface area contributed by atoms with Gasteiger partial charge in [-0.05, 0) is 19.1 Å². The van der Waals surface area contributed by atoms with Crippen LogP contribution in [0.5, 0.6) is 0 Å². The van der Waals surface area contributed by atoms with Crippen LogP contribution in [0.2, 0.25) is 0 Å². The Morgan fingerprint density at radius 2 is 2.08 bits per heavy atom. The summed E-state index contributed by atoms with van der Waals surface area (Å²) in [7, 11) is 0. The van der Waals surface area contributed by atoms with Crippen molar-refractivity contribution in [3.8, 4) is 0 Å². The molecule has 0 aliphatic carbocycles. The van der Waals surface area contributed by atoms with Crippen molar-refractivity contribution in [2.24, 2.45) is 0 Å². The lowest BCUT2D eigenvalue weighted by molar-refractivity contribution is 0.101. The van der Waals surface area contributed by atoms with E-state index in [9.17, 15) is 9.59 Å². The van der Waals surface area contributed by atoms with E-state index in [-0.39, 0.29) is 5.78 Å². The Kier molecular flexibility index (Phi) is 2.64.